The van der Waals surface area contributed by atoms with Crippen molar-refractivity contribution in [2.24, 2.45) is 0 Å². The van der Waals surface area contributed by atoms with Crippen LogP contribution in [0.15, 0.2) is 29.2 Å². The molecule has 1 aliphatic heterocycles. The molecule has 1 aromatic carbocycles. The summed E-state index contributed by atoms with van der Waals surface area (Å²) in [6, 6.07) is 7.05. The number of amides is 1. The van der Waals surface area contributed by atoms with E-state index in [4.69, 9.17) is 9.47 Å². The number of benzene rings is 1. The van der Waals surface area contributed by atoms with Crippen LogP contribution in [0.1, 0.15) is 39.2 Å². The van der Waals surface area contributed by atoms with Crippen LogP contribution in [0.3, 0.4) is 0 Å². The lowest BCUT2D eigenvalue weighted by Crippen LogP contribution is -2.52. The van der Waals surface area contributed by atoms with Gasteiger partial charge < -0.3 is 14.4 Å². The van der Waals surface area contributed by atoms with Crippen LogP contribution in [0, 0.1) is 0 Å². The van der Waals surface area contributed by atoms with Gasteiger partial charge in [0.05, 0.1) is 18.1 Å². The molecule has 0 bridgehead atoms. The highest BCUT2D eigenvalue weighted by Crippen LogP contribution is 2.21. The normalized spacial score (nSPS) is 17.1. The summed E-state index contributed by atoms with van der Waals surface area (Å²) in [6.45, 7) is 10.5. The first kappa shape index (κ1) is 22.8. The maximum atomic E-state index is 12.9. The monoisotopic (exact) mass is 412 g/mol. The average molecular weight is 413 g/mol. The first-order valence-electron chi connectivity index (χ1n) is 9.85. The number of rotatable bonds is 9. The van der Waals surface area contributed by atoms with Gasteiger partial charge in [0.2, 0.25) is 10.0 Å². The second kappa shape index (κ2) is 10.3. The molecule has 0 spiro atoms. The smallest absolute Gasteiger partial charge is 0.251 e. The lowest BCUT2D eigenvalue weighted by molar-refractivity contribution is -0.144. The minimum absolute atomic E-state index is 0.116. The molecule has 1 aromatic rings. The lowest BCUT2D eigenvalue weighted by Gasteiger charge is -2.35. The second-order valence-corrected chi connectivity index (χ2v) is 9.10. The molecule has 1 aliphatic rings. The standard InChI is InChI=1S/C20H32N2O5S/c1-5-26-14-15-27-17(4)20(23)21-10-12-22(13-11-21)28(24,25)19-8-6-18(7-9-19)16(2)3/h6-9,16-17H,5,10-15H2,1-4H3. The molecule has 0 aliphatic carbocycles. The number of ether oxygens (including phenoxy) is 2. The molecule has 1 saturated heterocycles. The number of hydrogen-bond acceptors (Lipinski definition) is 5. The van der Waals surface area contributed by atoms with Gasteiger partial charge in [-0.2, -0.15) is 4.31 Å². The van der Waals surface area contributed by atoms with Gasteiger partial charge in [0.15, 0.2) is 0 Å². The Morgan fingerprint density at radius 3 is 2.18 bits per heavy atom. The van der Waals surface area contributed by atoms with Crippen molar-refractivity contribution in [3.8, 4) is 0 Å². The Balaban J connectivity index is 1.90. The molecule has 1 atom stereocenters. The zero-order chi connectivity index (χ0) is 20.7. The number of sulfonamides is 1. The van der Waals surface area contributed by atoms with E-state index >= 15 is 0 Å². The average Bonchev–Trinajstić information content (AvgIpc) is 2.70. The van der Waals surface area contributed by atoms with E-state index in [0.29, 0.717) is 43.7 Å². The molecule has 158 valence electrons. The quantitative estimate of drug-likeness (QED) is 0.581. The highest BCUT2D eigenvalue weighted by Gasteiger charge is 2.31. The largest absolute Gasteiger partial charge is 0.379 e. The van der Waals surface area contributed by atoms with Gasteiger partial charge in [-0.05, 0) is 37.5 Å². The van der Waals surface area contributed by atoms with E-state index in [1.54, 1.807) is 24.0 Å². The first-order valence-corrected chi connectivity index (χ1v) is 11.3. The molecule has 2 rings (SSSR count). The summed E-state index contributed by atoms with van der Waals surface area (Å²) in [5.41, 5.74) is 1.10. The van der Waals surface area contributed by atoms with Gasteiger partial charge >= 0.3 is 0 Å². The van der Waals surface area contributed by atoms with Crippen LogP contribution in [0.2, 0.25) is 0 Å². The van der Waals surface area contributed by atoms with Crippen molar-refractivity contribution in [3.05, 3.63) is 29.8 Å². The van der Waals surface area contributed by atoms with Gasteiger partial charge in [0, 0.05) is 32.8 Å². The third-order valence-electron chi connectivity index (χ3n) is 4.88. The van der Waals surface area contributed by atoms with Crippen LogP contribution in [0.25, 0.3) is 0 Å². The van der Waals surface area contributed by atoms with Crippen molar-refractivity contribution in [2.45, 2.75) is 44.6 Å². The van der Waals surface area contributed by atoms with Crippen LogP contribution >= 0.6 is 0 Å². The number of carbonyl (C=O) groups is 1. The van der Waals surface area contributed by atoms with Gasteiger partial charge in [-0.15, -0.1) is 0 Å². The van der Waals surface area contributed by atoms with Crippen LogP contribution in [-0.2, 0) is 24.3 Å². The van der Waals surface area contributed by atoms with Crippen molar-refractivity contribution < 1.29 is 22.7 Å². The van der Waals surface area contributed by atoms with E-state index in [9.17, 15) is 13.2 Å². The van der Waals surface area contributed by atoms with E-state index in [1.807, 2.05) is 19.1 Å². The SMILES string of the molecule is CCOCCOC(C)C(=O)N1CCN(S(=O)(=O)c2ccc(C(C)C)cc2)CC1. The fourth-order valence-corrected chi connectivity index (χ4v) is 4.50. The predicted molar refractivity (Wildman–Crippen MR) is 108 cm³/mol. The molecule has 1 unspecified atom stereocenters. The molecule has 1 amide bonds. The van der Waals surface area contributed by atoms with E-state index < -0.39 is 16.1 Å². The molecule has 0 radical (unpaired) electrons. The zero-order valence-electron chi connectivity index (χ0n) is 17.3. The Morgan fingerprint density at radius 1 is 1.04 bits per heavy atom. The number of nitrogens with zero attached hydrogens (tertiary/aromatic N) is 2. The number of piperazine rings is 1. The van der Waals surface area contributed by atoms with Gasteiger partial charge in [-0.1, -0.05) is 26.0 Å². The molecule has 7 nitrogen and oxygen atoms in total. The number of carbonyl (C=O) groups excluding carboxylic acids is 1. The van der Waals surface area contributed by atoms with Crippen molar-refractivity contribution in [1.29, 1.82) is 0 Å². The molecule has 8 heteroatoms. The molecule has 0 saturated carbocycles. The van der Waals surface area contributed by atoms with Crippen LogP contribution in [0.4, 0.5) is 0 Å². The molecular formula is C20H32N2O5S. The first-order chi connectivity index (χ1) is 13.3. The minimum Gasteiger partial charge on any atom is -0.379 e. The van der Waals surface area contributed by atoms with E-state index in [-0.39, 0.29) is 19.0 Å². The Kier molecular flexibility index (Phi) is 8.42. The van der Waals surface area contributed by atoms with Gasteiger partial charge in [0.1, 0.15) is 6.10 Å². The summed E-state index contributed by atoms with van der Waals surface area (Å²) in [5, 5.41) is 0. The van der Waals surface area contributed by atoms with Crippen molar-refractivity contribution in [1.82, 2.24) is 9.21 Å². The Morgan fingerprint density at radius 2 is 1.64 bits per heavy atom. The summed E-state index contributed by atoms with van der Waals surface area (Å²) >= 11 is 0. The maximum absolute atomic E-state index is 12.9. The summed E-state index contributed by atoms with van der Waals surface area (Å²) in [7, 11) is -3.55. The van der Waals surface area contributed by atoms with Gasteiger partial charge in [-0.25, -0.2) is 8.42 Å². The fraction of sp³-hybridized carbons (Fsp3) is 0.650. The molecule has 0 N–H and O–H groups in total. The Hall–Kier alpha value is -1.48. The Labute approximate surface area is 168 Å². The minimum atomic E-state index is -3.55. The summed E-state index contributed by atoms with van der Waals surface area (Å²) in [4.78, 5) is 14.4. The molecule has 1 heterocycles. The Bertz CT molecular complexity index is 725. The van der Waals surface area contributed by atoms with Crippen molar-refractivity contribution in [2.75, 3.05) is 46.0 Å². The highest BCUT2D eigenvalue weighted by molar-refractivity contribution is 7.89. The van der Waals surface area contributed by atoms with E-state index in [0.717, 1.165) is 5.56 Å². The molecule has 28 heavy (non-hydrogen) atoms. The summed E-state index contributed by atoms with van der Waals surface area (Å²) in [6.07, 6.45) is -0.563. The fourth-order valence-electron chi connectivity index (χ4n) is 3.08. The van der Waals surface area contributed by atoms with Gasteiger partial charge in [0.25, 0.3) is 5.91 Å². The highest BCUT2D eigenvalue weighted by atomic mass is 32.2. The topological polar surface area (TPSA) is 76.2 Å². The third-order valence-corrected chi connectivity index (χ3v) is 6.80. The van der Waals surface area contributed by atoms with E-state index in [1.165, 1.54) is 4.31 Å². The maximum Gasteiger partial charge on any atom is 0.251 e. The lowest BCUT2D eigenvalue weighted by atomic mass is 10.0. The predicted octanol–water partition coefficient (Wildman–Crippen LogP) is 2.08. The van der Waals surface area contributed by atoms with Crippen LogP contribution < -0.4 is 0 Å². The summed E-state index contributed by atoms with van der Waals surface area (Å²) in [5.74, 6) is 0.235. The zero-order valence-corrected chi connectivity index (χ0v) is 18.1. The molecule has 1 fully saturated rings. The molecule has 0 aromatic heterocycles. The van der Waals surface area contributed by atoms with E-state index in [2.05, 4.69) is 13.8 Å². The molecular weight excluding hydrogens is 380 g/mol. The second-order valence-electron chi connectivity index (χ2n) is 7.16. The van der Waals surface area contributed by atoms with Crippen molar-refractivity contribution >= 4 is 15.9 Å². The van der Waals surface area contributed by atoms with Crippen molar-refractivity contribution in [3.63, 3.8) is 0 Å². The number of hydrogen-bond donors (Lipinski definition) is 0. The third kappa shape index (κ3) is 5.76. The van der Waals surface area contributed by atoms with Gasteiger partial charge in [-0.3, -0.25) is 4.79 Å². The van der Waals surface area contributed by atoms with Crippen LogP contribution in [-0.4, -0.2) is 75.6 Å². The van der Waals surface area contributed by atoms with Crippen LogP contribution in [0.5, 0.6) is 0 Å². The summed E-state index contributed by atoms with van der Waals surface area (Å²) < 4.78 is 37.9.